The normalized spacial score (nSPS) is 18.8. The van der Waals surface area contributed by atoms with Gasteiger partial charge in [-0.15, -0.1) is 0 Å². The van der Waals surface area contributed by atoms with Gasteiger partial charge in [-0.2, -0.15) is 0 Å². The summed E-state index contributed by atoms with van der Waals surface area (Å²) in [6.07, 6.45) is 2.53. The quantitative estimate of drug-likeness (QED) is 0.575. The molecular weight excluding hydrogens is 307 g/mol. The average Bonchev–Trinajstić information content (AvgIpc) is 2.37. The molecule has 0 bridgehead atoms. The lowest BCUT2D eigenvalue weighted by atomic mass is 9.84. The highest BCUT2D eigenvalue weighted by Crippen LogP contribution is 2.32. The van der Waals surface area contributed by atoms with Crippen LogP contribution in [0.25, 0.3) is 0 Å². The van der Waals surface area contributed by atoms with Gasteiger partial charge in [0.05, 0.1) is 9.39 Å². The predicted molar refractivity (Wildman–Crippen MR) is 91.1 cm³/mol. The second kappa shape index (κ2) is 7.49. The van der Waals surface area contributed by atoms with E-state index >= 15 is 0 Å². The van der Waals surface area contributed by atoms with Crippen LogP contribution in [0.3, 0.4) is 0 Å². The molecule has 0 aromatic heterocycles. The van der Waals surface area contributed by atoms with Crippen molar-refractivity contribution in [3.05, 3.63) is 0 Å². The molecule has 0 saturated heterocycles. The molecule has 21 heavy (non-hydrogen) atoms. The van der Waals surface area contributed by atoms with Crippen molar-refractivity contribution >= 4 is 26.1 Å². The van der Waals surface area contributed by atoms with Gasteiger partial charge in [0, 0.05) is 5.75 Å². The molecule has 0 aliphatic heterocycles. The zero-order chi connectivity index (χ0) is 16.9. The highest BCUT2D eigenvalue weighted by Gasteiger charge is 2.48. The molecule has 125 valence electrons. The van der Waals surface area contributed by atoms with Crippen LogP contribution in [0.1, 0.15) is 73.6 Å². The zero-order valence-electron chi connectivity index (χ0n) is 14.3. The predicted octanol–water partition coefficient (Wildman–Crippen LogP) is 2.94. The summed E-state index contributed by atoms with van der Waals surface area (Å²) in [6.45, 7) is 11.6. The van der Waals surface area contributed by atoms with Crippen LogP contribution in [-0.2, 0) is 19.5 Å². The van der Waals surface area contributed by atoms with Crippen molar-refractivity contribution in [2.75, 3.05) is 5.75 Å². The van der Waals surface area contributed by atoms with Crippen molar-refractivity contribution in [1.29, 1.82) is 0 Å². The summed E-state index contributed by atoms with van der Waals surface area (Å²) in [7, 11) is -7.08. The van der Waals surface area contributed by atoms with E-state index < -0.39 is 28.9 Å². The Balaban J connectivity index is 5.68. The summed E-state index contributed by atoms with van der Waals surface area (Å²) in [6, 6.07) is 0. The SMILES string of the molecule is CCCC(C)(CC)S(=O)(=O)[B]C(C)(CC)S(=O)(=O)CCC. The van der Waals surface area contributed by atoms with Gasteiger partial charge in [0.1, 0.15) is 19.5 Å². The van der Waals surface area contributed by atoms with E-state index in [4.69, 9.17) is 0 Å². The fourth-order valence-electron chi connectivity index (χ4n) is 2.40. The van der Waals surface area contributed by atoms with Crippen LogP contribution in [0.4, 0.5) is 0 Å². The van der Waals surface area contributed by atoms with Crippen LogP contribution < -0.4 is 0 Å². The number of hydrogen-bond acceptors (Lipinski definition) is 4. The molecule has 0 saturated carbocycles. The summed E-state index contributed by atoms with van der Waals surface area (Å²) in [4.78, 5) is 0. The first-order valence-corrected chi connectivity index (χ1v) is 11.0. The molecule has 1 radical (unpaired) electrons. The summed E-state index contributed by atoms with van der Waals surface area (Å²) in [5.41, 5.74) is 0. The molecule has 0 amide bonds. The van der Waals surface area contributed by atoms with E-state index in [1.54, 1.807) is 20.8 Å². The van der Waals surface area contributed by atoms with Crippen LogP contribution >= 0.6 is 0 Å². The van der Waals surface area contributed by atoms with E-state index in [0.29, 0.717) is 19.3 Å². The first-order valence-electron chi connectivity index (χ1n) is 7.78. The number of rotatable bonds is 10. The smallest absolute Gasteiger partial charge is 0.241 e. The van der Waals surface area contributed by atoms with Crippen molar-refractivity contribution in [1.82, 2.24) is 0 Å². The molecule has 2 unspecified atom stereocenters. The van der Waals surface area contributed by atoms with Gasteiger partial charge >= 0.3 is 6.56 Å². The molecular formula is C14H30BO4S2. The molecule has 0 heterocycles. The van der Waals surface area contributed by atoms with Gasteiger partial charge in [-0.25, -0.2) is 16.8 Å². The van der Waals surface area contributed by atoms with E-state index in [1.807, 2.05) is 13.8 Å². The largest absolute Gasteiger partial charge is 0.303 e. The Kier molecular flexibility index (Phi) is 7.48. The molecule has 0 aromatic carbocycles. The molecule has 0 rings (SSSR count). The number of hydrogen-bond donors (Lipinski definition) is 0. The zero-order valence-corrected chi connectivity index (χ0v) is 15.9. The van der Waals surface area contributed by atoms with Gasteiger partial charge in [-0.1, -0.05) is 41.0 Å². The Morgan fingerprint density at radius 2 is 1.38 bits per heavy atom. The highest BCUT2D eigenvalue weighted by atomic mass is 32.2. The Bertz CT molecular complexity index is 527. The lowest BCUT2D eigenvalue weighted by Gasteiger charge is -2.33. The maximum Gasteiger partial charge on any atom is 0.303 e. The molecule has 0 aliphatic carbocycles. The van der Waals surface area contributed by atoms with Crippen molar-refractivity contribution in [2.24, 2.45) is 0 Å². The van der Waals surface area contributed by atoms with E-state index in [2.05, 4.69) is 0 Å². The minimum Gasteiger partial charge on any atom is -0.241 e. The van der Waals surface area contributed by atoms with Gasteiger partial charge in [0.25, 0.3) is 0 Å². The summed E-state index contributed by atoms with van der Waals surface area (Å²) < 4.78 is 48.2. The molecule has 2 atom stereocenters. The fraction of sp³-hybridized carbons (Fsp3) is 1.00. The third-order valence-electron chi connectivity index (χ3n) is 4.50. The van der Waals surface area contributed by atoms with E-state index in [0.717, 1.165) is 13.0 Å². The Morgan fingerprint density at radius 3 is 1.71 bits per heavy atom. The van der Waals surface area contributed by atoms with E-state index in [9.17, 15) is 16.8 Å². The summed E-state index contributed by atoms with van der Waals surface area (Å²) in [5.74, 6) is 0.0139. The standard InChI is InChI=1S/C14H30BO4S2/c1-7-11-13(5,9-3)21(18,19)15-14(6,10-4)20(16,17)12-8-2/h7-12H2,1-6H3. The maximum atomic E-state index is 12.8. The van der Waals surface area contributed by atoms with Crippen LogP contribution in [0.15, 0.2) is 0 Å². The second-order valence-electron chi connectivity index (χ2n) is 6.20. The molecule has 7 heteroatoms. The lowest BCUT2D eigenvalue weighted by molar-refractivity contribution is 0.497. The first-order chi connectivity index (χ1) is 9.45. The topological polar surface area (TPSA) is 68.3 Å². The first kappa shape index (κ1) is 21.0. The van der Waals surface area contributed by atoms with Crippen LogP contribution in [0.5, 0.6) is 0 Å². The molecule has 4 nitrogen and oxygen atoms in total. The minimum absolute atomic E-state index is 0.0139. The third kappa shape index (κ3) is 4.47. The van der Waals surface area contributed by atoms with E-state index in [-0.39, 0.29) is 12.2 Å². The summed E-state index contributed by atoms with van der Waals surface area (Å²) >= 11 is 0. The Hall–Kier alpha value is -0.0351. The Morgan fingerprint density at radius 1 is 0.857 bits per heavy atom. The minimum atomic E-state index is -3.61. The Labute approximate surface area is 132 Å². The lowest BCUT2D eigenvalue weighted by Crippen LogP contribution is -2.51. The highest BCUT2D eigenvalue weighted by molar-refractivity contribution is 8.18. The average molecular weight is 337 g/mol. The fourth-order valence-corrected chi connectivity index (χ4v) is 6.81. The van der Waals surface area contributed by atoms with Gasteiger partial charge in [0.15, 0.2) is 0 Å². The van der Waals surface area contributed by atoms with Crippen LogP contribution in [0.2, 0.25) is 0 Å². The molecule has 0 spiro atoms. The second-order valence-corrected chi connectivity index (χ2v) is 11.1. The monoisotopic (exact) mass is 337 g/mol. The summed E-state index contributed by atoms with van der Waals surface area (Å²) in [5, 5.41) is 0. The van der Waals surface area contributed by atoms with Crippen molar-refractivity contribution in [2.45, 2.75) is 83.0 Å². The van der Waals surface area contributed by atoms with Crippen molar-refractivity contribution in [3.63, 3.8) is 0 Å². The van der Waals surface area contributed by atoms with E-state index in [1.165, 1.54) is 6.92 Å². The van der Waals surface area contributed by atoms with Crippen LogP contribution in [-0.4, -0.2) is 38.5 Å². The molecule has 0 aromatic rings. The number of sulfone groups is 1. The maximum absolute atomic E-state index is 12.8. The van der Waals surface area contributed by atoms with Crippen molar-refractivity contribution < 1.29 is 16.8 Å². The molecule has 0 aliphatic rings. The van der Waals surface area contributed by atoms with Gasteiger partial charge in [0.2, 0.25) is 0 Å². The molecule has 0 N–H and O–H groups in total. The molecule has 0 fully saturated rings. The van der Waals surface area contributed by atoms with Gasteiger partial charge < -0.3 is 0 Å². The van der Waals surface area contributed by atoms with Crippen LogP contribution in [0, 0.1) is 0 Å². The van der Waals surface area contributed by atoms with Gasteiger partial charge in [-0.05, 0) is 32.6 Å². The van der Waals surface area contributed by atoms with Crippen molar-refractivity contribution in [3.8, 4) is 0 Å². The third-order valence-corrected chi connectivity index (χ3v) is 10.1. The van der Waals surface area contributed by atoms with Gasteiger partial charge in [-0.3, -0.25) is 0 Å².